The molecular formula is C10H9BrN2O2S. The van der Waals surface area contributed by atoms with Gasteiger partial charge in [-0.1, -0.05) is 0 Å². The van der Waals surface area contributed by atoms with Gasteiger partial charge in [0.05, 0.1) is 15.2 Å². The van der Waals surface area contributed by atoms with E-state index >= 15 is 0 Å². The van der Waals surface area contributed by atoms with Gasteiger partial charge in [0.1, 0.15) is 10.4 Å². The monoisotopic (exact) mass is 300 g/mol. The van der Waals surface area contributed by atoms with Crippen LogP contribution in [0.25, 0.3) is 10.2 Å². The molecule has 0 unspecified atom stereocenters. The zero-order valence-corrected chi connectivity index (χ0v) is 11.1. The zero-order chi connectivity index (χ0) is 12.0. The van der Waals surface area contributed by atoms with Crippen LogP contribution < -0.4 is 5.73 Å². The number of hydrogen-bond acceptors (Lipinski definition) is 4. The van der Waals surface area contributed by atoms with E-state index in [1.165, 1.54) is 11.3 Å². The maximum atomic E-state index is 11.1. The van der Waals surface area contributed by atoms with Crippen LogP contribution in [0, 0.1) is 13.8 Å². The third-order valence-electron chi connectivity index (χ3n) is 2.45. The van der Waals surface area contributed by atoms with Crippen molar-refractivity contribution in [3.63, 3.8) is 0 Å². The molecule has 4 nitrogen and oxygen atoms in total. The predicted molar refractivity (Wildman–Crippen MR) is 68.2 cm³/mol. The van der Waals surface area contributed by atoms with E-state index in [1.807, 2.05) is 6.92 Å². The van der Waals surface area contributed by atoms with Crippen LogP contribution in [0.3, 0.4) is 0 Å². The lowest BCUT2D eigenvalue weighted by molar-refractivity contribution is 0.0697. The maximum Gasteiger partial charge on any atom is 0.339 e. The highest BCUT2D eigenvalue weighted by atomic mass is 79.9. The van der Waals surface area contributed by atoms with Crippen molar-refractivity contribution in [1.82, 2.24) is 4.98 Å². The van der Waals surface area contributed by atoms with Crippen LogP contribution in [0.1, 0.15) is 21.6 Å². The number of carboxylic acid groups (broad SMARTS) is 1. The molecule has 0 fully saturated rings. The van der Waals surface area contributed by atoms with Gasteiger partial charge in [0.25, 0.3) is 0 Å². The number of nitrogens with zero attached hydrogens (tertiary/aromatic N) is 1. The number of rotatable bonds is 1. The van der Waals surface area contributed by atoms with E-state index in [0.29, 0.717) is 11.4 Å². The number of fused-ring (bicyclic) bond motifs is 1. The van der Waals surface area contributed by atoms with Crippen LogP contribution >= 0.6 is 27.3 Å². The van der Waals surface area contributed by atoms with Crippen molar-refractivity contribution < 1.29 is 9.90 Å². The molecule has 0 radical (unpaired) electrons. The van der Waals surface area contributed by atoms with Crippen LogP contribution in [-0.2, 0) is 0 Å². The van der Waals surface area contributed by atoms with Crippen LogP contribution in [-0.4, -0.2) is 16.1 Å². The van der Waals surface area contributed by atoms with Crippen molar-refractivity contribution in [3.05, 3.63) is 20.6 Å². The Bertz CT molecular complexity index is 607. The van der Waals surface area contributed by atoms with Gasteiger partial charge in [-0.15, -0.1) is 11.3 Å². The number of aryl methyl sites for hydroxylation is 2. The molecular weight excluding hydrogens is 292 g/mol. The highest BCUT2D eigenvalue weighted by Crippen LogP contribution is 2.38. The number of pyridine rings is 1. The van der Waals surface area contributed by atoms with E-state index in [1.54, 1.807) is 6.92 Å². The minimum Gasteiger partial charge on any atom is -0.478 e. The molecule has 2 rings (SSSR count). The van der Waals surface area contributed by atoms with Crippen LogP contribution in [0.2, 0.25) is 0 Å². The van der Waals surface area contributed by atoms with Gasteiger partial charge in [0.2, 0.25) is 0 Å². The minimum absolute atomic E-state index is 0.0981. The number of nitrogens with two attached hydrogens (primary N) is 1. The second kappa shape index (κ2) is 3.71. The number of halogens is 1. The average Bonchev–Trinajstić information content (AvgIpc) is 2.41. The molecule has 0 saturated heterocycles. The molecule has 2 aromatic rings. The molecule has 0 bridgehead atoms. The fourth-order valence-electron chi connectivity index (χ4n) is 1.67. The molecule has 2 heterocycles. The lowest BCUT2D eigenvalue weighted by atomic mass is 10.1. The van der Waals surface area contributed by atoms with E-state index in [9.17, 15) is 4.79 Å². The number of carbonyl (C=O) groups is 1. The fourth-order valence-corrected chi connectivity index (χ4v) is 3.30. The molecule has 3 N–H and O–H groups in total. The standard InChI is InChI=1S/C10H9BrN2O2S/c1-3-5-7(12)6(10(14)15)4(2)13-9(5)16-8(3)11/h1-2H3,(H2,12,13)(H,14,15). The highest BCUT2D eigenvalue weighted by molar-refractivity contribution is 9.11. The van der Waals surface area contributed by atoms with Crippen molar-refractivity contribution >= 4 is 49.1 Å². The first-order chi connectivity index (χ1) is 7.43. The van der Waals surface area contributed by atoms with Crippen molar-refractivity contribution in [2.45, 2.75) is 13.8 Å². The molecule has 6 heteroatoms. The summed E-state index contributed by atoms with van der Waals surface area (Å²) in [6.45, 7) is 3.55. The van der Waals surface area contributed by atoms with Gasteiger partial charge in [-0.25, -0.2) is 9.78 Å². The summed E-state index contributed by atoms with van der Waals surface area (Å²) in [7, 11) is 0. The molecule has 2 aromatic heterocycles. The maximum absolute atomic E-state index is 11.1. The molecule has 0 aliphatic rings. The third kappa shape index (κ3) is 1.49. The Morgan fingerprint density at radius 2 is 2.12 bits per heavy atom. The number of carboxylic acids is 1. The topological polar surface area (TPSA) is 76.2 Å². The Labute approximate surface area is 104 Å². The third-order valence-corrected chi connectivity index (χ3v) is 4.51. The van der Waals surface area contributed by atoms with Crippen LogP contribution in [0.4, 0.5) is 5.69 Å². The first-order valence-corrected chi connectivity index (χ1v) is 6.12. The lowest BCUT2D eigenvalue weighted by Gasteiger charge is -2.06. The molecule has 0 atom stereocenters. The Balaban J connectivity index is 2.96. The van der Waals surface area contributed by atoms with Crippen molar-refractivity contribution in [1.29, 1.82) is 0 Å². The second-order valence-electron chi connectivity index (χ2n) is 3.47. The van der Waals surface area contributed by atoms with E-state index in [0.717, 1.165) is 19.6 Å². The van der Waals surface area contributed by atoms with Crippen molar-refractivity contribution in [3.8, 4) is 0 Å². The van der Waals surface area contributed by atoms with Gasteiger partial charge >= 0.3 is 5.97 Å². The summed E-state index contributed by atoms with van der Waals surface area (Å²) >= 11 is 4.86. The zero-order valence-electron chi connectivity index (χ0n) is 8.67. The molecule has 0 aliphatic carbocycles. The SMILES string of the molecule is Cc1nc2sc(Br)c(C)c2c(N)c1C(=O)O. The summed E-state index contributed by atoms with van der Waals surface area (Å²) in [4.78, 5) is 16.1. The smallest absolute Gasteiger partial charge is 0.339 e. The number of anilines is 1. The molecule has 0 amide bonds. The summed E-state index contributed by atoms with van der Waals surface area (Å²) in [5, 5.41) is 9.81. The fraction of sp³-hybridized carbons (Fsp3) is 0.200. The molecule has 0 saturated carbocycles. The second-order valence-corrected chi connectivity index (χ2v) is 5.79. The Hall–Kier alpha value is -1.14. The summed E-state index contributed by atoms with van der Waals surface area (Å²) in [5.41, 5.74) is 7.69. The summed E-state index contributed by atoms with van der Waals surface area (Å²) in [6, 6.07) is 0. The number of thiophene rings is 1. The summed E-state index contributed by atoms with van der Waals surface area (Å²) in [5.74, 6) is -1.04. The number of nitrogen functional groups attached to an aromatic ring is 1. The summed E-state index contributed by atoms with van der Waals surface area (Å²) in [6.07, 6.45) is 0. The minimum atomic E-state index is -1.04. The Kier molecular flexibility index (Phi) is 2.63. The highest BCUT2D eigenvalue weighted by Gasteiger charge is 2.19. The van der Waals surface area contributed by atoms with E-state index < -0.39 is 5.97 Å². The molecule has 16 heavy (non-hydrogen) atoms. The Morgan fingerprint density at radius 1 is 1.50 bits per heavy atom. The van der Waals surface area contributed by atoms with Crippen molar-refractivity contribution in [2.24, 2.45) is 0 Å². The predicted octanol–water partition coefficient (Wildman–Crippen LogP) is 2.96. The normalized spacial score (nSPS) is 10.9. The summed E-state index contributed by atoms with van der Waals surface area (Å²) < 4.78 is 0.934. The van der Waals surface area contributed by atoms with Crippen molar-refractivity contribution in [2.75, 3.05) is 5.73 Å². The van der Waals surface area contributed by atoms with E-state index in [-0.39, 0.29) is 5.56 Å². The number of aromatic nitrogens is 1. The molecule has 0 aliphatic heterocycles. The van der Waals surface area contributed by atoms with Gasteiger partial charge in [0.15, 0.2) is 0 Å². The quantitative estimate of drug-likeness (QED) is 0.849. The molecule has 0 aromatic carbocycles. The first-order valence-electron chi connectivity index (χ1n) is 4.51. The van der Waals surface area contributed by atoms with Gasteiger partial charge in [0, 0.05) is 5.39 Å². The van der Waals surface area contributed by atoms with E-state index in [2.05, 4.69) is 20.9 Å². The van der Waals surface area contributed by atoms with Crippen LogP contribution in [0.15, 0.2) is 3.79 Å². The van der Waals surface area contributed by atoms with E-state index in [4.69, 9.17) is 10.8 Å². The van der Waals surface area contributed by atoms with Gasteiger partial charge < -0.3 is 10.8 Å². The number of aromatic carboxylic acids is 1. The van der Waals surface area contributed by atoms with Crippen LogP contribution in [0.5, 0.6) is 0 Å². The average molecular weight is 301 g/mol. The largest absolute Gasteiger partial charge is 0.478 e. The first kappa shape index (κ1) is 11.3. The number of hydrogen-bond donors (Lipinski definition) is 2. The molecule has 84 valence electrons. The lowest BCUT2D eigenvalue weighted by Crippen LogP contribution is -2.07. The van der Waals surface area contributed by atoms with Gasteiger partial charge in [-0.05, 0) is 35.3 Å². The van der Waals surface area contributed by atoms with Gasteiger partial charge in [-0.2, -0.15) is 0 Å². The van der Waals surface area contributed by atoms with Gasteiger partial charge in [-0.3, -0.25) is 0 Å². The Morgan fingerprint density at radius 3 is 2.69 bits per heavy atom. The molecule has 0 spiro atoms.